The monoisotopic (exact) mass is 323 g/mol. The van der Waals surface area contributed by atoms with Crippen molar-refractivity contribution in [3.05, 3.63) is 33.9 Å². The van der Waals surface area contributed by atoms with E-state index in [1.165, 1.54) is 12.1 Å². The third-order valence-electron chi connectivity index (χ3n) is 3.24. The molecular formula is C15H21N3O5. The van der Waals surface area contributed by atoms with Crippen LogP contribution in [0.4, 0.5) is 11.4 Å². The Balaban J connectivity index is 2.79. The molecule has 1 unspecified atom stereocenters. The number of amides is 1. The average Bonchev–Trinajstić information content (AvgIpc) is 2.51. The van der Waals surface area contributed by atoms with Gasteiger partial charge < -0.3 is 15.0 Å². The summed E-state index contributed by atoms with van der Waals surface area (Å²) in [6.45, 7) is 3.33. The molecule has 0 aliphatic rings. The van der Waals surface area contributed by atoms with Gasteiger partial charge in [-0.25, -0.2) is 4.79 Å². The van der Waals surface area contributed by atoms with Gasteiger partial charge in [0.1, 0.15) is 5.69 Å². The van der Waals surface area contributed by atoms with Crippen LogP contribution < -0.4 is 10.2 Å². The molecular weight excluding hydrogens is 302 g/mol. The van der Waals surface area contributed by atoms with E-state index < -0.39 is 23.4 Å². The second-order valence-electron chi connectivity index (χ2n) is 5.31. The highest BCUT2D eigenvalue weighted by atomic mass is 16.6. The maximum absolute atomic E-state index is 11.9. The van der Waals surface area contributed by atoms with Gasteiger partial charge in [0, 0.05) is 26.2 Å². The van der Waals surface area contributed by atoms with Crippen LogP contribution in [0.1, 0.15) is 30.6 Å². The third kappa shape index (κ3) is 5.24. The summed E-state index contributed by atoms with van der Waals surface area (Å²) < 4.78 is 4.88. The second-order valence-corrected chi connectivity index (χ2v) is 5.31. The highest BCUT2D eigenvalue weighted by molar-refractivity contribution is 5.93. The number of ether oxygens (including phenoxy) is 1. The second kappa shape index (κ2) is 8.11. The van der Waals surface area contributed by atoms with Gasteiger partial charge in [0.05, 0.1) is 10.5 Å². The lowest BCUT2D eigenvalue weighted by atomic mass is 10.1. The molecule has 0 aliphatic heterocycles. The van der Waals surface area contributed by atoms with Crippen LogP contribution in [0.25, 0.3) is 0 Å². The van der Waals surface area contributed by atoms with E-state index in [2.05, 4.69) is 5.32 Å². The number of nitro benzene ring substituents is 1. The molecule has 23 heavy (non-hydrogen) atoms. The van der Waals surface area contributed by atoms with Crippen molar-refractivity contribution >= 4 is 23.3 Å². The van der Waals surface area contributed by atoms with Crippen molar-refractivity contribution in [2.75, 3.05) is 25.6 Å². The lowest BCUT2D eigenvalue weighted by Gasteiger charge is -2.13. The molecule has 0 fully saturated rings. The van der Waals surface area contributed by atoms with E-state index in [1.54, 1.807) is 19.0 Å². The Hall–Kier alpha value is -2.64. The zero-order valence-corrected chi connectivity index (χ0v) is 13.7. The number of carbonyl (C=O) groups excluding carboxylic acids is 2. The Morgan fingerprint density at radius 1 is 1.39 bits per heavy atom. The fraction of sp³-hybridized carbons (Fsp3) is 0.467. The van der Waals surface area contributed by atoms with Crippen molar-refractivity contribution < 1.29 is 19.2 Å². The number of nitrogens with zero attached hydrogens (tertiary/aromatic N) is 2. The molecule has 0 spiro atoms. The topological polar surface area (TPSA) is 102 Å². The fourth-order valence-corrected chi connectivity index (χ4v) is 1.81. The van der Waals surface area contributed by atoms with E-state index in [0.717, 1.165) is 12.5 Å². The lowest BCUT2D eigenvalue weighted by molar-refractivity contribution is -0.384. The molecule has 8 heteroatoms. The van der Waals surface area contributed by atoms with Crippen molar-refractivity contribution in [1.29, 1.82) is 0 Å². The molecule has 1 aromatic carbocycles. The number of nitrogens with one attached hydrogen (secondary N) is 1. The van der Waals surface area contributed by atoms with E-state index >= 15 is 0 Å². The quantitative estimate of drug-likeness (QED) is 0.466. The fourth-order valence-electron chi connectivity index (χ4n) is 1.81. The SMILES string of the molecule is CCC(C)NC(=O)COC(=O)c1ccc(N(C)C)c([N+](=O)[O-])c1. The van der Waals surface area contributed by atoms with Crippen LogP contribution in [0.3, 0.4) is 0 Å². The van der Waals surface area contributed by atoms with Gasteiger partial charge in [-0.3, -0.25) is 14.9 Å². The number of esters is 1. The zero-order valence-electron chi connectivity index (χ0n) is 13.7. The van der Waals surface area contributed by atoms with Gasteiger partial charge in [0.2, 0.25) is 0 Å². The van der Waals surface area contributed by atoms with Crippen LogP contribution in [-0.2, 0) is 9.53 Å². The van der Waals surface area contributed by atoms with Gasteiger partial charge in [-0.2, -0.15) is 0 Å². The van der Waals surface area contributed by atoms with Crippen LogP contribution in [0, 0.1) is 10.1 Å². The summed E-state index contributed by atoms with van der Waals surface area (Å²) >= 11 is 0. The molecule has 8 nitrogen and oxygen atoms in total. The Bertz CT molecular complexity index is 601. The first-order valence-corrected chi connectivity index (χ1v) is 7.18. The van der Waals surface area contributed by atoms with Gasteiger partial charge in [0.25, 0.3) is 11.6 Å². The molecule has 0 aliphatic carbocycles. The summed E-state index contributed by atoms with van der Waals surface area (Å²) in [4.78, 5) is 35.6. The van der Waals surface area contributed by atoms with E-state index in [9.17, 15) is 19.7 Å². The molecule has 1 rings (SSSR count). The van der Waals surface area contributed by atoms with E-state index in [0.29, 0.717) is 5.69 Å². The highest BCUT2D eigenvalue weighted by Crippen LogP contribution is 2.27. The first-order chi connectivity index (χ1) is 10.8. The maximum Gasteiger partial charge on any atom is 0.338 e. The maximum atomic E-state index is 11.9. The Kier molecular flexibility index (Phi) is 6.49. The van der Waals surface area contributed by atoms with Gasteiger partial charge in [-0.15, -0.1) is 0 Å². The van der Waals surface area contributed by atoms with Crippen LogP contribution >= 0.6 is 0 Å². The summed E-state index contributed by atoms with van der Waals surface area (Å²) in [6.07, 6.45) is 0.762. The summed E-state index contributed by atoms with van der Waals surface area (Å²) in [5.74, 6) is -1.19. The number of hydrogen-bond acceptors (Lipinski definition) is 6. The van der Waals surface area contributed by atoms with Crippen molar-refractivity contribution in [2.24, 2.45) is 0 Å². The highest BCUT2D eigenvalue weighted by Gasteiger charge is 2.20. The summed E-state index contributed by atoms with van der Waals surface area (Å²) in [5.41, 5.74) is 0.202. The molecule has 0 aromatic heterocycles. The molecule has 1 atom stereocenters. The molecule has 0 radical (unpaired) electrons. The van der Waals surface area contributed by atoms with Crippen molar-refractivity contribution in [1.82, 2.24) is 5.32 Å². The van der Waals surface area contributed by atoms with Gasteiger partial charge in [-0.05, 0) is 25.5 Å². The Morgan fingerprint density at radius 2 is 2.04 bits per heavy atom. The first kappa shape index (κ1) is 18.4. The number of hydrogen-bond donors (Lipinski definition) is 1. The predicted molar refractivity (Wildman–Crippen MR) is 85.6 cm³/mol. The van der Waals surface area contributed by atoms with E-state index in [-0.39, 0.29) is 17.3 Å². The van der Waals surface area contributed by atoms with Crippen molar-refractivity contribution in [2.45, 2.75) is 26.3 Å². The molecule has 0 heterocycles. The van der Waals surface area contributed by atoms with Crippen LogP contribution in [-0.4, -0.2) is 43.5 Å². The molecule has 0 saturated carbocycles. The first-order valence-electron chi connectivity index (χ1n) is 7.18. The number of carbonyl (C=O) groups is 2. The van der Waals surface area contributed by atoms with Crippen LogP contribution in [0.5, 0.6) is 0 Å². The van der Waals surface area contributed by atoms with Crippen LogP contribution in [0.15, 0.2) is 18.2 Å². The minimum Gasteiger partial charge on any atom is -0.452 e. The number of anilines is 1. The largest absolute Gasteiger partial charge is 0.452 e. The van der Waals surface area contributed by atoms with Crippen molar-refractivity contribution in [3.63, 3.8) is 0 Å². The van der Waals surface area contributed by atoms with Crippen molar-refractivity contribution in [3.8, 4) is 0 Å². The zero-order chi connectivity index (χ0) is 17.6. The molecule has 1 amide bonds. The van der Waals surface area contributed by atoms with Gasteiger partial charge in [0.15, 0.2) is 6.61 Å². The molecule has 0 bridgehead atoms. The minimum absolute atomic E-state index is 0.0123. The predicted octanol–water partition coefficient (Wildman–Crippen LogP) is 1.73. The molecule has 1 N–H and O–H groups in total. The van der Waals surface area contributed by atoms with Gasteiger partial charge in [-0.1, -0.05) is 6.92 Å². The number of benzene rings is 1. The smallest absolute Gasteiger partial charge is 0.338 e. The number of rotatable bonds is 7. The van der Waals surface area contributed by atoms with E-state index in [1.807, 2.05) is 13.8 Å². The third-order valence-corrected chi connectivity index (χ3v) is 3.24. The Morgan fingerprint density at radius 3 is 2.57 bits per heavy atom. The summed E-state index contributed by atoms with van der Waals surface area (Å²) in [7, 11) is 3.33. The van der Waals surface area contributed by atoms with Crippen LogP contribution in [0.2, 0.25) is 0 Å². The minimum atomic E-state index is -0.780. The molecule has 126 valence electrons. The standard InChI is InChI=1S/C15H21N3O5/c1-5-10(2)16-14(19)9-23-15(20)11-6-7-12(17(3)4)13(8-11)18(21)22/h6-8,10H,5,9H2,1-4H3,(H,16,19). The normalized spacial score (nSPS) is 11.5. The molecule has 0 saturated heterocycles. The molecule has 1 aromatic rings. The van der Waals surface area contributed by atoms with E-state index in [4.69, 9.17) is 4.74 Å². The Labute approximate surface area is 134 Å². The summed E-state index contributed by atoms with van der Waals surface area (Å²) in [5, 5.41) is 13.7. The lowest BCUT2D eigenvalue weighted by Crippen LogP contribution is -2.35. The average molecular weight is 323 g/mol. The number of nitro groups is 1. The summed E-state index contributed by atoms with van der Waals surface area (Å²) in [6, 6.07) is 4.02. The van der Waals surface area contributed by atoms with Gasteiger partial charge >= 0.3 is 5.97 Å².